The molecule has 0 aliphatic carbocycles. The van der Waals surface area contributed by atoms with Crippen LogP contribution in [0.4, 0.5) is 0 Å². The smallest absolute Gasteiger partial charge is 0.262 e. The lowest BCUT2D eigenvalue weighted by molar-refractivity contribution is 0.296. The number of thiophene rings is 1. The normalized spacial score (nSPS) is 11.0. The van der Waals surface area contributed by atoms with Crippen LogP contribution in [0.2, 0.25) is 0 Å². The van der Waals surface area contributed by atoms with Crippen molar-refractivity contribution < 1.29 is 9.47 Å². The van der Waals surface area contributed by atoms with E-state index in [4.69, 9.17) is 9.47 Å². The highest BCUT2D eigenvalue weighted by Crippen LogP contribution is 2.36. The molecule has 0 saturated heterocycles. The van der Waals surface area contributed by atoms with Crippen LogP contribution in [0.3, 0.4) is 0 Å². The predicted molar refractivity (Wildman–Crippen MR) is 117 cm³/mol. The maximum Gasteiger partial charge on any atom is 0.262 e. The zero-order valence-corrected chi connectivity index (χ0v) is 17.2. The largest absolute Gasteiger partial charge is 0.494 e. The highest BCUT2D eigenvalue weighted by molar-refractivity contribution is 7.19. The highest BCUT2D eigenvalue weighted by atomic mass is 32.1. The molecule has 0 radical (unpaired) electrons. The number of para-hydroxylation sites is 1. The van der Waals surface area contributed by atoms with Gasteiger partial charge in [-0.05, 0) is 43.7 Å². The zero-order valence-electron chi connectivity index (χ0n) is 16.4. The molecule has 29 heavy (non-hydrogen) atoms. The monoisotopic (exact) mass is 406 g/mol. The van der Waals surface area contributed by atoms with Gasteiger partial charge in [0.15, 0.2) is 0 Å². The minimum atomic E-state index is -0.0418. The first kappa shape index (κ1) is 19.2. The van der Waals surface area contributed by atoms with E-state index in [2.05, 4.69) is 4.98 Å². The Kier molecular flexibility index (Phi) is 5.62. The molecule has 0 fully saturated rings. The summed E-state index contributed by atoms with van der Waals surface area (Å²) in [7, 11) is 0. The fourth-order valence-corrected chi connectivity index (χ4v) is 4.31. The molecule has 0 unspecified atom stereocenters. The molecule has 4 aromatic rings. The van der Waals surface area contributed by atoms with Crippen LogP contribution in [0, 0.1) is 6.92 Å². The van der Waals surface area contributed by atoms with Crippen LogP contribution in [-0.2, 0) is 6.54 Å². The summed E-state index contributed by atoms with van der Waals surface area (Å²) in [5.74, 6) is 1.61. The molecule has 0 aliphatic rings. The van der Waals surface area contributed by atoms with Gasteiger partial charge in [0.05, 0.1) is 24.9 Å². The highest BCUT2D eigenvalue weighted by Gasteiger charge is 2.17. The number of ether oxygens (including phenoxy) is 2. The Bertz CT molecular complexity index is 1160. The fourth-order valence-electron chi connectivity index (χ4n) is 3.31. The second-order valence-corrected chi connectivity index (χ2v) is 7.78. The van der Waals surface area contributed by atoms with Gasteiger partial charge in [-0.1, -0.05) is 30.3 Å². The number of rotatable bonds is 7. The number of aryl methyl sites for hydroxylation is 1. The average Bonchev–Trinajstić information content (AvgIpc) is 3.08. The molecule has 6 heteroatoms. The maximum absolute atomic E-state index is 13.2. The first-order chi connectivity index (χ1) is 14.2. The molecule has 148 valence electrons. The number of aromatic nitrogens is 2. The Hall–Kier alpha value is -3.12. The lowest BCUT2D eigenvalue weighted by atomic mass is 10.0. The van der Waals surface area contributed by atoms with Gasteiger partial charge in [-0.25, -0.2) is 4.98 Å². The molecule has 0 aliphatic heterocycles. The summed E-state index contributed by atoms with van der Waals surface area (Å²) in [5.41, 5.74) is 1.90. The molecule has 0 atom stereocenters. The van der Waals surface area contributed by atoms with Crippen LogP contribution in [-0.4, -0.2) is 22.8 Å². The van der Waals surface area contributed by atoms with Gasteiger partial charge in [-0.2, -0.15) is 0 Å². The Morgan fingerprint density at radius 2 is 1.72 bits per heavy atom. The second-order valence-electron chi connectivity index (χ2n) is 6.58. The third-order valence-electron chi connectivity index (χ3n) is 4.65. The Morgan fingerprint density at radius 3 is 2.45 bits per heavy atom. The van der Waals surface area contributed by atoms with Crippen molar-refractivity contribution >= 4 is 21.6 Å². The van der Waals surface area contributed by atoms with E-state index >= 15 is 0 Å². The Morgan fingerprint density at radius 1 is 1.00 bits per heavy atom. The summed E-state index contributed by atoms with van der Waals surface area (Å²) in [5, 5.41) is 0.666. The van der Waals surface area contributed by atoms with Crippen molar-refractivity contribution in [2.45, 2.75) is 20.4 Å². The van der Waals surface area contributed by atoms with Gasteiger partial charge in [0, 0.05) is 10.4 Å². The van der Waals surface area contributed by atoms with Gasteiger partial charge >= 0.3 is 0 Å². The van der Waals surface area contributed by atoms with Gasteiger partial charge in [0.1, 0.15) is 22.9 Å². The molecule has 0 saturated carbocycles. The van der Waals surface area contributed by atoms with Crippen molar-refractivity contribution in [2.24, 2.45) is 0 Å². The first-order valence-electron chi connectivity index (χ1n) is 9.57. The SMILES string of the molecule is CCOc1ccc(-c2c(C)sc3ncn(CCOc4ccccc4)c(=O)c23)cc1. The topological polar surface area (TPSA) is 53.4 Å². The molecule has 0 N–H and O–H groups in total. The molecule has 5 nitrogen and oxygen atoms in total. The minimum Gasteiger partial charge on any atom is -0.494 e. The van der Waals surface area contributed by atoms with E-state index in [1.165, 1.54) is 0 Å². The molecule has 0 amide bonds. The molecule has 0 spiro atoms. The standard InChI is InChI=1S/C23H22N2O3S/c1-3-27-19-11-9-17(10-12-19)20-16(2)29-22-21(20)23(26)25(15-24-22)13-14-28-18-7-5-4-6-8-18/h4-12,15H,3,13-14H2,1-2H3. The number of hydrogen-bond donors (Lipinski definition) is 0. The van der Waals surface area contributed by atoms with E-state index in [-0.39, 0.29) is 5.56 Å². The van der Waals surface area contributed by atoms with Crippen molar-refractivity contribution in [3.8, 4) is 22.6 Å². The molecular formula is C23H22N2O3S. The third kappa shape index (κ3) is 4.03. The zero-order chi connectivity index (χ0) is 20.2. The van der Waals surface area contributed by atoms with Crippen LogP contribution in [0.15, 0.2) is 65.7 Å². The van der Waals surface area contributed by atoms with Gasteiger partial charge in [0.2, 0.25) is 0 Å². The van der Waals surface area contributed by atoms with Crippen molar-refractivity contribution in [2.75, 3.05) is 13.2 Å². The average molecular weight is 407 g/mol. The van der Waals surface area contributed by atoms with Gasteiger partial charge in [-0.3, -0.25) is 9.36 Å². The molecular weight excluding hydrogens is 384 g/mol. The lowest BCUT2D eigenvalue weighted by Gasteiger charge is -2.09. The quantitative estimate of drug-likeness (QED) is 0.438. The van der Waals surface area contributed by atoms with Crippen molar-refractivity contribution in [1.82, 2.24) is 9.55 Å². The summed E-state index contributed by atoms with van der Waals surface area (Å²) in [6.45, 7) is 5.45. The number of fused-ring (bicyclic) bond motifs is 1. The van der Waals surface area contributed by atoms with E-state index in [9.17, 15) is 4.79 Å². The van der Waals surface area contributed by atoms with E-state index in [0.717, 1.165) is 32.3 Å². The number of nitrogens with zero attached hydrogens (tertiary/aromatic N) is 2. The van der Waals surface area contributed by atoms with Gasteiger partial charge in [-0.15, -0.1) is 11.3 Å². The second kappa shape index (κ2) is 8.49. The Balaban J connectivity index is 1.64. The molecule has 2 aromatic carbocycles. The lowest BCUT2D eigenvalue weighted by Crippen LogP contribution is -2.23. The fraction of sp³-hybridized carbons (Fsp3) is 0.217. The predicted octanol–water partition coefficient (Wildman–Crippen LogP) is 4.91. The number of benzene rings is 2. The van der Waals surface area contributed by atoms with E-state index in [1.54, 1.807) is 22.2 Å². The van der Waals surface area contributed by atoms with Crippen LogP contribution < -0.4 is 15.0 Å². The van der Waals surface area contributed by atoms with E-state index < -0.39 is 0 Å². The van der Waals surface area contributed by atoms with E-state index in [0.29, 0.717) is 25.1 Å². The first-order valence-corrected chi connectivity index (χ1v) is 10.4. The molecule has 2 aromatic heterocycles. The van der Waals surface area contributed by atoms with Crippen LogP contribution >= 0.6 is 11.3 Å². The molecule has 2 heterocycles. The maximum atomic E-state index is 13.2. The van der Waals surface area contributed by atoms with E-state index in [1.807, 2.05) is 68.4 Å². The summed E-state index contributed by atoms with van der Waals surface area (Å²) in [6, 6.07) is 17.4. The van der Waals surface area contributed by atoms with Crippen LogP contribution in [0.25, 0.3) is 21.3 Å². The molecule has 0 bridgehead atoms. The van der Waals surface area contributed by atoms with Crippen molar-refractivity contribution in [1.29, 1.82) is 0 Å². The summed E-state index contributed by atoms with van der Waals surface area (Å²) in [4.78, 5) is 19.6. The Labute approximate surface area is 173 Å². The van der Waals surface area contributed by atoms with Crippen LogP contribution in [0.5, 0.6) is 11.5 Å². The summed E-state index contributed by atoms with van der Waals surface area (Å²) in [6.07, 6.45) is 1.61. The van der Waals surface area contributed by atoms with Gasteiger partial charge in [0.25, 0.3) is 5.56 Å². The van der Waals surface area contributed by atoms with Crippen LogP contribution in [0.1, 0.15) is 11.8 Å². The van der Waals surface area contributed by atoms with Gasteiger partial charge < -0.3 is 9.47 Å². The molecule has 4 rings (SSSR count). The minimum absolute atomic E-state index is 0.0418. The summed E-state index contributed by atoms with van der Waals surface area (Å²) < 4.78 is 12.9. The number of hydrogen-bond acceptors (Lipinski definition) is 5. The van der Waals surface area contributed by atoms with Crippen molar-refractivity contribution in [3.05, 3.63) is 76.2 Å². The van der Waals surface area contributed by atoms with Crippen molar-refractivity contribution in [3.63, 3.8) is 0 Å². The third-order valence-corrected chi connectivity index (χ3v) is 5.67. The summed E-state index contributed by atoms with van der Waals surface area (Å²) >= 11 is 1.54.